The number of carbonyl (C=O) groups excluding carboxylic acids is 2. The third kappa shape index (κ3) is 6.85. The minimum absolute atomic E-state index is 0.0497. The first-order valence-electron chi connectivity index (χ1n) is 9.23. The highest BCUT2D eigenvalue weighted by molar-refractivity contribution is 7.89. The molecule has 7 nitrogen and oxygen atoms in total. The van der Waals surface area contributed by atoms with E-state index in [0.29, 0.717) is 17.7 Å². The zero-order chi connectivity index (χ0) is 21.3. The van der Waals surface area contributed by atoms with Gasteiger partial charge < -0.3 is 10.6 Å². The Morgan fingerprint density at radius 1 is 1.10 bits per heavy atom. The fraction of sp³-hybridized carbons (Fsp3) is 0.238. The van der Waals surface area contributed by atoms with Gasteiger partial charge in [0.15, 0.2) is 0 Å². The minimum atomic E-state index is -3.63. The third-order valence-electron chi connectivity index (χ3n) is 3.99. The normalized spacial score (nSPS) is 10.9. The first-order chi connectivity index (χ1) is 13.9. The molecule has 2 aromatic rings. The first-order valence-corrected chi connectivity index (χ1v) is 10.7. The lowest BCUT2D eigenvalue weighted by molar-refractivity contribution is -0.116. The Labute approximate surface area is 171 Å². The molecule has 3 N–H and O–H groups in total. The van der Waals surface area contributed by atoms with E-state index in [9.17, 15) is 18.0 Å². The number of amides is 2. The molecule has 0 fully saturated rings. The van der Waals surface area contributed by atoms with Gasteiger partial charge >= 0.3 is 0 Å². The van der Waals surface area contributed by atoms with Crippen molar-refractivity contribution in [3.8, 4) is 0 Å². The van der Waals surface area contributed by atoms with Crippen LogP contribution in [0.1, 0.15) is 35.7 Å². The third-order valence-corrected chi connectivity index (χ3v) is 5.42. The summed E-state index contributed by atoms with van der Waals surface area (Å²) < 4.78 is 26.5. The van der Waals surface area contributed by atoms with Crippen molar-refractivity contribution in [3.63, 3.8) is 0 Å². The highest BCUT2D eigenvalue weighted by Crippen LogP contribution is 2.13. The number of rotatable bonds is 10. The Bertz CT molecular complexity index is 970. The summed E-state index contributed by atoms with van der Waals surface area (Å²) in [6, 6.07) is 12.9. The van der Waals surface area contributed by atoms with Crippen LogP contribution in [0, 0.1) is 0 Å². The number of carbonyl (C=O) groups is 2. The van der Waals surface area contributed by atoms with Crippen LogP contribution >= 0.6 is 0 Å². The van der Waals surface area contributed by atoms with Crippen molar-refractivity contribution in [1.82, 2.24) is 10.0 Å². The van der Waals surface area contributed by atoms with Crippen LogP contribution in [0.2, 0.25) is 0 Å². The molecule has 0 heterocycles. The number of nitrogens with one attached hydrogen (secondary N) is 3. The number of hydrogen-bond donors (Lipinski definition) is 3. The van der Waals surface area contributed by atoms with Crippen LogP contribution < -0.4 is 15.4 Å². The molecule has 0 radical (unpaired) electrons. The predicted octanol–water partition coefficient (Wildman–Crippen LogP) is 2.82. The van der Waals surface area contributed by atoms with Gasteiger partial charge in [0.05, 0.1) is 4.90 Å². The van der Waals surface area contributed by atoms with Gasteiger partial charge in [0.25, 0.3) is 5.91 Å². The van der Waals surface area contributed by atoms with Crippen LogP contribution in [-0.4, -0.2) is 26.8 Å². The van der Waals surface area contributed by atoms with Gasteiger partial charge in [0.1, 0.15) is 0 Å². The molecule has 154 valence electrons. The highest BCUT2D eigenvalue weighted by atomic mass is 32.2. The first kappa shape index (κ1) is 22.3. The van der Waals surface area contributed by atoms with E-state index < -0.39 is 10.0 Å². The van der Waals surface area contributed by atoms with Crippen LogP contribution in [0.3, 0.4) is 0 Å². The average Bonchev–Trinajstić information content (AvgIpc) is 2.71. The highest BCUT2D eigenvalue weighted by Gasteiger charge is 2.14. The largest absolute Gasteiger partial charge is 0.348 e. The van der Waals surface area contributed by atoms with Crippen LogP contribution in [0.15, 0.2) is 66.1 Å². The molecule has 29 heavy (non-hydrogen) atoms. The SMILES string of the molecule is C=CCNS(=O)(=O)c1ccc(C(=O)NCc2cccc(NC(=O)CCC)c2)cc1. The van der Waals surface area contributed by atoms with Gasteiger partial charge in [-0.05, 0) is 48.4 Å². The molecule has 0 aliphatic heterocycles. The maximum atomic E-state index is 12.3. The summed E-state index contributed by atoms with van der Waals surface area (Å²) in [4.78, 5) is 24.1. The fourth-order valence-corrected chi connectivity index (χ4v) is 3.53. The van der Waals surface area contributed by atoms with Gasteiger partial charge in [-0.2, -0.15) is 0 Å². The van der Waals surface area contributed by atoms with Crippen LogP contribution in [0.4, 0.5) is 5.69 Å². The molecule has 0 saturated carbocycles. The van der Waals surface area contributed by atoms with Crippen molar-refractivity contribution >= 4 is 27.5 Å². The molecule has 2 amide bonds. The lowest BCUT2D eigenvalue weighted by Crippen LogP contribution is -2.25. The summed E-state index contributed by atoms with van der Waals surface area (Å²) in [6.07, 6.45) is 2.67. The summed E-state index contributed by atoms with van der Waals surface area (Å²) in [5.74, 6) is -0.375. The maximum absolute atomic E-state index is 12.3. The van der Waals surface area contributed by atoms with Gasteiger partial charge in [-0.1, -0.05) is 25.1 Å². The van der Waals surface area contributed by atoms with Crippen molar-refractivity contribution in [2.75, 3.05) is 11.9 Å². The Hall–Kier alpha value is -2.97. The molecule has 0 spiro atoms. The quantitative estimate of drug-likeness (QED) is 0.519. The lowest BCUT2D eigenvalue weighted by Gasteiger charge is -2.09. The minimum Gasteiger partial charge on any atom is -0.348 e. The lowest BCUT2D eigenvalue weighted by atomic mass is 10.1. The molecule has 2 rings (SSSR count). The fourth-order valence-electron chi connectivity index (χ4n) is 2.53. The van der Waals surface area contributed by atoms with Crippen LogP contribution in [0.5, 0.6) is 0 Å². The maximum Gasteiger partial charge on any atom is 0.251 e. The molecule has 0 unspecified atom stereocenters. The van der Waals surface area contributed by atoms with E-state index in [0.717, 1.165) is 12.0 Å². The summed E-state index contributed by atoms with van der Waals surface area (Å²) >= 11 is 0. The van der Waals surface area contributed by atoms with Crippen LogP contribution in [0.25, 0.3) is 0 Å². The molecule has 2 aromatic carbocycles. The standard InChI is InChI=1S/C21H25N3O4S/c1-3-6-20(25)24-18-8-5-7-16(14-18)15-22-21(26)17-9-11-19(12-10-17)29(27,28)23-13-4-2/h4-5,7-12,14,23H,2-3,6,13,15H2,1H3,(H,22,26)(H,24,25). The molecular formula is C21H25N3O4S. The smallest absolute Gasteiger partial charge is 0.251 e. The summed E-state index contributed by atoms with van der Waals surface area (Å²) in [7, 11) is -3.63. The number of hydrogen-bond acceptors (Lipinski definition) is 4. The molecule has 0 atom stereocenters. The Kier molecular flexibility index (Phi) is 8.11. The van der Waals surface area contributed by atoms with E-state index in [1.54, 1.807) is 18.2 Å². The van der Waals surface area contributed by atoms with Gasteiger partial charge in [-0.15, -0.1) is 6.58 Å². The van der Waals surface area contributed by atoms with Gasteiger partial charge in [-0.25, -0.2) is 13.1 Å². The van der Waals surface area contributed by atoms with Gasteiger partial charge in [0.2, 0.25) is 15.9 Å². The molecule has 0 aromatic heterocycles. The zero-order valence-electron chi connectivity index (χ0n) is 16.3. The molecular weight excluding hydrogens is 390 g/mol. The van der Waals surface area contributed by atoms with Crippen molar-refractivity contribution in [1.29, 1.82) is 0 Å². The van der Waals surface area contributed by atoms with E-state index in [2.05, 4.69) is 21.9 Å². The Morgan fingerprint density at radius 2 is 1.83 bits per heavy atom. The van der Waals surface area contributed by atoms with E-state index in [1.165, 1.54) is 30.3 Å². The van der Waals surface area contributed by atoms with Gasteiger partial charge in [0, 0.05) is 30.8 Å². The van der Waals surface area contributed by atoms with Crippen LogP contribution in [-0.2, 0) is 21.4 Å². The second-order valence-electron chi connectivity index (χ2n) is 6.35. The van der Waals surface area contributed by atoms with E-state index in [1.807, 2.05) is 13.0 Å². The van der Waals surface area contributed by atoms with Crippen molar-refractivity contribution in [3.05, 3.63) is 72.3 Å². The van der Waals surface area contributed by atoms with E-state index in [4.69, 9.17) is 0 Å². The number of sulfonamides is 1. The molecule has 0 saturated heterocycles. The Balaban J connectivity index is 1.97. The molecule has 0 aliphatic carbocycles. The Morgan fingerprint density at radius 3 is 2.48 bits per heavy atom. The second kappa shape index (κ2) is 10.5. The summed E-state index contributed by atoms with van der Waals surface area (Å²) in [5.41, 5.74) is 1.86. The topological polar surface area (TPSA) is 104 Å². The number of anilines is 1. The molecule has 8 heteroatoms. The van der Waals surface area contributed by atoms with E-state index >= 15 is 0 Å². The predicted molar refractivity (Wildman–Crippen MR) is 113 cm³/mol. The molecule has 0 aliphatic rings. The average molecular weight is 416 g/mol. The summed E-state index contributed by atoms with van der Waals surface area (Å²) in [5, 5.41) is 5.60. The molecule has 0 bridgehead atoms. The monoisotopic (exact) mass is 415 g/mol. The second-order valence-corrected chi connectivity index (χ2v) is 8.11. The van der Waals surface area contributed by atoms with Gasteiger partial charge in [-0.3, -0.25) is 9.59 Å². The van der Waals surface area contributed by atoms with E-state index in [-0.39, 0.29) is 29.8 Å². The van der Waals surface area contributed by atoms with Crippen molar-refractivity contribution in [2.45, 2.75) is 31.2 Å². The zero-order valence-corrected chi connectivity index (χ0v) is 17.1. The summed E-state index contributed by atoms with van der Waals surface area (Å²) in [6.45, 7) is 5.81. The van der Waals surface area contributed by atoms with Crippen molar-refractivity contribution < 1.29 is 18.0 Å². The number of benzene rings is 2. The van der Waals surface area contributed by atoms with Crippen molar-refractivity contribution in [2.24, 2.45) is 0 Å².